The van der Waals surface area contributed by atoms with Crippen LogP contribution in [0.5, 0.6) is 0 Å². The molecule has 0 aromatic rings. The van der Waals surface area contributed by atoms with Crippen molar-refractivity contribution >= 4 is 33.4 Å². The molecule has 0 rings (SSSR count). The summed E-state index contributed by atoms with van der Waals surface area (Å²) in [6.45, 7) is 1.83. The fourth-order valence-electron chi connectivity index (χ4n) is 0.556. The van der Waals surface area contributed by atoms with Gasteiger partial charge < -0.3 is 9.57 Å². The fourth-order valence-corrected chi connectivity index (χ4v) is 0.822. The summed E-state index contributed by atoms with van der Waals surface area (Å²) in [6, 6.07) is 0. The molecule has 0 aliphatic rings. The molecule has 0 saturated carbocycles. The predicted octanol–water partition coefficient (Wildman–Crippen LogP) is 0.516. The minimum atomic E-state index is -0.770. The number of carbonyl (C=O) groups excluding carboxylic acids is 2. The monoisotopic (exact) mass is 251 g/mol. The van der Waals surface area contributed by atoms with Crippen molar-refractivity contribution in [3.63, 3.8) is 0 Å². The number of oxime groups is 1. The maximum Gasteiger partial charge on any atom is 0.364 e. The first-order valence-corrected chi connectivity index (χ1v) is 4.66. The van der Waals surface area contributed by atoms with Crippen molar-refractivity contribution in [2.24, 2.45) is 5.16 Å². The van der Waals surface area contributed by atoms with Crippen molar-refractivity contribution in [2.45, 2.75) is 6.92 Å². The summed E-state index contributed by atoms with van der Waals surface area (Å²) in [5.74, 6) is -1.24. The molecule has 0 N–H and O–H groups in total. The van der Waals surface area contributed by atoms with Crippen LogP contribution in [0.4, 0.5) is 0 Å². The van der Waals surface area contributed by atoms with Gasteiger partial charge in [0, 0.05) is 0 Å². The van der Waals surface area contributed by atoms with Gasteiger partial charge in [0.1, 0.15) is 7.11 Å². The van der Waals surface area contributed by atoms with E-state index in [1.54, 1.807) is 6.92 Å². The van der Waals surface area contributed by atoms with Crippen LogP contribution in [0.3, 0.4) is 0 Å². The molecule has 0 heterocycles. The summed E-state index contributed by atoms with van der Waals surface area (Å²) in [5, 5.41) is 3.28. The Kier molecular flexibility index (Phi) is 6.13. The number of nitrogens with zero attached hydrogens (tertiary/aromatic N) is 1. The molecule has 13 heavy (non-hydrogen) atoms. The number of ether oxygens (including phenoxy) is 1. The maximum absolute atomic E-state index is 11.1. The summed E-state index contributed by atoms with van der Waals surface area (Å²) < 4.78 is 4.59. The highest BCUT2D eigenvalue weighted by Crippen LogP contribution is 1.92. The lowest BCUT2D eigenvalue weighted by atomic mass is 10.3. The van der Waals surface area contributed by atoms with E-state index in [2.05, 4.69) is 30.7 Å². The number of alkyl halides is 1. The molecule has 0 spiro atoms. The molecule has 0 saturated heterocycles. The summed E-state index contributed by atoms with van der Waals surface area (Å²) in [4.78, 5) is 26.5. The highest BCUT2D eigenvalue weighted by atomic mass is 79.9. The molecule has 0 bridgehead atoms. The van der Waals surface area contributed by atoms with Crippen molar-refractivity contribution < 1.29 is 19.2 Å². The van der Waals surface area contributed by atoms with Gasteiger partial charge in [-0.3, -0.25) is 4.79 Å². The minimum Gasteiger partial charge on any atom is -0.461 e. The number of carbonyl (C=O) groups is 2. The van der Waals surface area contributed by atoms with Gasteiger partial charge in [0.2, 0.25) is 11.5 Å². The number of esters is 1. The summed E-state index contributed by atoms with van der Waals surface area (Å²) in [7, 11) is 1.25. The Labute approximate surface area is 84.2 Å². The predicted molar refractivity (Wildman–Crippen MR) is 49.9 cm³/mol. The Hall–Kier alpha value is -0.910. The molecule has 6 heteroatoms. The molecule has 0 aromatic heterocycles. The lowest BCUT2D eigenvalue weighted by Crippen LogP contribution is -2.27. The van der Waals surface area contributed by atoms with Crippen molar-refractivity contribution in [3.05, 3.63) is 0 Å². The Balaban J connectivity index is 4.52. The molecule has 0 unspecified atom stereocenters. The third kappa shape index (κ3) is 4.02. The standard InChI is InChI=1S/C7H10BrNO4/c1-3-13-7(11)6(9-12-2)5(10)4-8/h3-4H2,1-2H3. The first-order valence-electron chi connectivity index (χ1n) is 3.54. The first kappa shape index (κ1) is 12.1. The molecule has 0 fully saturated rings. The van der Waals surface area contributed by atoms with Gasteiger partial charge >= 0.3 is 5.97 Å². The fraction of sp³-hybridized carbons (Fsp3) is 0.571. The van der Waals surface area contributed by atoms with E-state index in [4.69, 9.17) is 0 Å². The van der Waals surface area contributed by atoms with Gasteiger partial charge in [-0.2, -0.15) is 0 Å². The normalized spacial score (nSPS) is 10.8. The first-order chi connectivity index (χ1) is 6.17. The summed E-state index contributed by atoms with van der Waals surface area (Å²) >= 11 is 2.91. The van der Waals surface area contributed by atoms with Crippen LogP contribution in [-0.2, 0) is 19.2 Å². The second-order valence-electron chi connectivity index (χ2n) is 1.90. The number of Topliss-reactive ketones (excluding diaryl/α,β-unsaturated/α-hetero) is 1. The highest BCUT2D eigenvalue weighted by Gasteiger charge is 2.21. The molecule has 0 amide bonds. The quantitative estimate of drug-likeness (QED) is 0.235. The third-order valence-corrected chi connectivity index (χ3v) is 1.55. The van der Waals surface area contributed by atoms with Gasteiger partial charge in [0.25, 0.3) is 0 Å². The van der Waals surface area contributed by atoms with E-state index in [1.807, 2.05) is 0 Å². The lowest BCUT2D eigenvalue weighted by Gasteiger charge is -2.01. The average Bonchev–Trinajstić information content (AvgIpc) is 2.13. The summed E-state index contributed by atoms with van der Waals surface area (Å²) in [5.41, 5.74) is -0.332. The van der Waals surface area contributed by atoms with Gasteiger partial charge in [0.05, 0.1) is 11.9 Å². The van der Waals surface area contributed by atoms with E-state index in [0.29, 0.717) is 0 Å². The van der Waals surface area contributed by atoms with Gasteiger partial charge in [-0.25, -0.2) is 4.79 Å². The molecule has 0 radical (unpaired) electrons. The largest absolute Gasteiger partial charge is 0.461 e. The van der Waals surface area contributed by atoms with Crippen LogP contribution in [0, 0.1) is 0 Å². The maximum atomic E-state index is 11.1. The van der Waals surface area contributed by atoms with Crippen LogP contribution < -0.4 is 0 Å². The molecule has 0 aliphatic heterocycles. The van der Waals surface area contributed by atoms with Crippen LogP contribution in [0.15, 0.2) is 5.16 Å². The van der Waals surface area contributed by atoms with Gasteiger partial charge in [-0.1, -0.05) is 21.1 Å². The minimum absolute atomic E-state index is 0.00794. The molecule has 0 aliphatic carbocycles. The average molecular weight is 252 g/mol. The Morgan fingerprint density at radius 3 is 2.46 bits per heavy atom. The Bertz CT molecular complexity index is 227. The van der Waals surface area contributed by atoms with Crippen LogP contribution in [-0.4, -0.2) is 36.5 Å². The van der Waals surface area contributed by atoms with Gasteiger partial charge in [-0.15, -0.1) is 0 Å². The molecular weight excluding hydrogens is 242 g/mol. The van der Waals surface area contributed by atoms with Crippen molar-refractivity contribution in [3.8, 4) is 0 Å². The highest BCUT2D eigenvalue weighted by molar-refractivity contribution is 9.09. The van der Waals surface area contributed by atoms with E-state index in [-0.39, 0.29) is 17.6 Å². The number of hydrogen-bond acceptors (Lipinski definition) is 5. The zero-order valence-corrected chi connectivity index (χ0v) is 8.96. The van der Waals surface area contributed by atoms with E-state index < -0.39 is 11.8 Å². The van der Waals surface area contributed by atoms with E-state index >= 15 is 0 Å². The number of hydrogen-bond donors (Lipinski definition) is 0. The van der Waals surface area contributed by atoms with E-state index in [1.165, 1.54) is 7.11 Å². The molecular formula is C7H10BrNO4. The molecule has 0 atom stereocenters. The van der Waals surface area contributed by atoms with Crippen LogP contribution in [0.1, 0.15) is 6.92 Å². The SMILES string of the molecule is CCOC(=O)C(=NOC)C(=O)CBr. The van der Waals surface area contributed by atoms with Crippen molar-refractivity contribution in [1.29, 1.82) is 0 Å². The molecule has 5 nitrogen and oxygen atoms in total. The van der Waals surface area contributed by atoms with Gasteiger partial charge in [-0.05, 0) is 6.92 Å². The summed E-state index contributed by atoms with van der Waals surface area (Å²) in [6.07, 6.45) is 0. The number of ketones is 1. The van der Waals surface area contributed by atoms with Crippen LogP contribution in [0.2, 0.25) is 0 Å². The zero-order chi connectivity index (χ0) is 10.3. The van der Waals surface area contributed by atoms with E-state index in [0.717, 1.165) is 0 Å². The zero-order valence-electron chi connectivity index (χ0n) is 7.37. The van der Waals surface area contributed by atoms with Crippen molar-refractivity contribution in [1.82, 2.24) is 0 Å². The Morgan fingerprint density at radius 1 is 1.46 bits per heavy atom. The Morgan fingerprint density at radius 2 is 2.08 bits per heavy atom. The third-order valence-electron chi connectivity index (χ3n) is 1.04. The van der Waals surface area contributed by atoms with E-state index in [9.17, 15) is 9.59 Å². The molecule has 0 aromatic carbocycles. The lowest BCUT2D eigenvalue weighted by molar-refractivity contribution is -0.135. The topological polar surface area (TPSA) is 65.0 Å². The van der Waals surface area contributed by atoms with Gasteiger partial charge in [0.15, 0.2) is 0 Å². The number of rotatable bonds is 5. The number of halogens is 1. The molecule has 74 valence electrons. The van der Waals surface area contributed by atoms with Crippen LogP contribution >= 0.6 is 15.9 Å². The second kappa shape index (κ2) is 6.59. The smallest absolute Gasteiger partial charge is 0.364 e. The van der Waals surface area contributed by atoms with Crippen LogP contribution in [0.25, 0.3) is 0 Å². The van der Waals surface area contributed by atoms with Crippen molar-refractivity contribution in [2.75, 3.05) is 19.0 Å². The second-order valence-corrected chi connectivity index (χ2v) is 2.46.